The van der Waals surface area contributed by atoms with E-state index in [4.69, 9.17) is 0 Å². The predicted molar refractivity (Wildman–Crippen MR) is 145 cm³/mol. The lowest BCUT2D eigenvalue weighted by Gasteiger charge is -2.45. The Morgan fingerprint density at radius 1 is 1.12 bits per heavy atom. The number of carbonyl (C=O) groups excluding carboxylic acids is 1. The van der Waals surface area contributed by atoms with Crippen molar-refractivity contribution in [2.75, 3.05) is 7.05 Å². The highest BCUT2D eigenvalue weighted by Crippen LogP contribution is 2.51. The summed E-state index contributed by atoms with van der Waals surface area (Å²) in [7, 11) is -1.22. The second-order valence-corrected chi connectivity index (χ2v) is 12.7. The van der Waals surface area contributed by atoms with Crippen LogP contribution < -0.4 is 0 Å². The van der Waals surface area contributed by atoms with Gasteiger partial charge in [-0.25, -0.2) is 17.5 Å². The first-order valence-electron chi connectivity index (χ1n) is 13.3. The summed E-state index contributed by atoms with van der Waals surface area (Å²) in [4.78, 5) is 19.5. The Bertz CT molecular complexity index is 1870. The third kappa shape index (κ3) is 4.95. The lowest BCUT2D eigenvalue weighted by molar-refractivity contribution is -0.137. The molecule has 43 heavy (non-hydrogen) atoms. The smallest absolute Gasteiger partial charge is 0.291 e. The van der Waals surface area contributed by atoms with Gasteiger partial charge < -0.3 is 0 Å². The Morgan fingerprint density at radius 3 is 2.53 bits per heavy atom. The molecule has 10 nitrogen and oxygen atoms in total. The van der Waals surface area contributed by atoms with Crippen molar-refractivity contribution in [3.8, 4) is 5.69 Å². The number of hydrogen-bond donors (Lipinski definition) is 0. The van der Waals surface area contributed by atoms with Crippen LogP contribution in [0.5, 0.6) is 0 Å². The Balaban J connectivity index is 1.44. The molecule has 0 spiro atoms. The van der Waals surface area contributed by atoms with Gasteiger partial charge in [0.25, 0.3) is 10.0 Å². The number of sulfonamides is 1. The van der Waals surface area contributed by atoms with Gasteiger partial charge >= 0.3 is 6.18 Å². The van der Waals surface area contributed by atoms with Gasteiger partial charge in [-0.1, -0.05) is 5.57 Å². The molecule has 0 N–H and O–H groups in total. The van der Waals surface area contributed by atoms with Crippen molar-refractivity contribution in [1.82, 2.24) is 34.1 Å². The van der Waals surface area contributed by atoms with Crippen molar-refractivity contribution in [3.05, 3.63) is 88.9 Å². The zero-order valence-corrected chi connectivity index (χ0v) is 23.8. The first-order chi connectivity index (χ1) is 20.3. The third-order valence-corrected chi connectivity index (χ3v) is 9.97. The second kappa shape index (κ2) is 10.2. The number of halogens is 4. The van der Waals surface area contributed by atoms with Crippen LogP contribution >= 0.6 is 0 Å². The van der Waals surface area contributed by atoms with Gasteiger partial charge in [0.05, 0.1) is 34.8 Å². The largest absolute Gasteiger partial charge is 0.416 e. The number of alkyl halides is 3. The summed E-state index contributed by atoms with van der Waals surface area (Å²) in [6.07, 6.45) is 1.40. The van der Waals surface area contributed by atoms with Crippen molar-refractivity contribution in [1.29, 1.82) is 0 Å². The minimum absolute atomic E-state index is 0.00719. The molecule has 4 aromatic rings. The molecule has 15 heteroatoms. The first-order valence-corrected chi connectivity index (χ1v) is 14.7. The lowest BCUT2D eigenvalue weighted by Crippen LogP contribution is -2.49. The highest BCUT2D eigenvalue weighted by Gasteiger charge is 2.51. The number of rotatable bonds is 6. The molecular weight excluding hydrogens is 590 g/mol. The number of aromatic nitrogens is 6. The SMILES string of the molecule is CN([C@H]1CCC2=Cc3c(cnn3-c3ccc(F)cc3)C[C@]2(C(=O)c2cc(C(F)(F)F)ccn2)C1)S(=O)(=O)c1cnn(C)n1. The molecule has 3 aromatic heterocycles. The molecule has 224 valence electrons. The molecule has 1 aromatic carbocycles. The highest BCUT2D eigenvalue weighted by molar-refractivity contribution is 7.89. The molecule has 3 heterocycles. The molecule has 1 fully saturated rings. The average Bonchev–Trinajstić information content (AvgIpc) is 3.61. The maximum atomic E-state index is 14.3. The van der Waals surface area contributed by atoms with Gasteiger partial charge in [0.15, 0.2) is 5.78 Å². The van der Waals surface area contributed by atoms with Crippen LogP contribution in [0.4, 0.5) is 17.6 Å². The standard InChI is InChI=1S/C28H25F4N7O3S/c1-37(43(41,42)25-16-34-38(2)36-25)22-6-3-18-12-24-17(15-35-39(24)21-7-4-20(29)5-8-21)13-27(18,14-22)26(40)23-11-19(9-10-33-23)28(30,31)32/h4-5,7-12,15-16,22H,3,6,13-14H2,1-2H3/t22-,27-/m0/s1. The van der Waals surface area contributed by atoms with Crippen molar-refractivity contribution < 1.29 is 30.8 Å². The van der Waals surface area contributed by atoms with Crippen LogP contribution in [0.25, 0.3) is 11.8 Å². The molecule has 1 saturated carbocycles. The monoisotopic (exact) mass is 615 g/mol. The molecule has 0 amide bonds. The van der Waals surface area contributed by atoms with Crippen LogP contribution in [0.1, 0.15) is 46.6 Å². The zero-order valence-electron chi connectivity index (χ0n) is 23.0. The van der Waals surface area contributed by atoms with E-state index < -0.39 is 44.8 Å². The fourth-order valence-corrected chi connectivity index (χ4v) is 7.22. The molecule has 2 aliphatic carbocycles. The predicted octanol–water partition coefficient (Wildman–Crippen LogP) is 4.24. The van der Waals surface area contributed by atoms with Crippen molar-refractivity contribution in [2.24, 2.45) is 12.5 Å². The van der Waals surface area contributed by atoms with Gasteiger partial charge in [0, 0.05) is 26.3 Å². The summed E-state index contributed by atoms with van der Waals surface area (Å²) in [6.45, 7) is 0. The zero-order chi connectivity index (χ0) is 30.7. The molecule has 0 radical (unpaired) electrons. The first kappa shape index (κ1) is 28.9. The molecular formula is C28H25F4N7O3S. The Labute approximate surface area is 243 Å². The number of allylic oxidation sites excluding steroid dienone is 1. The minimum Gasteiger partial charge on any atom is -0.291 e. The van der Waals surface area contributed by atoms with Crippen LogP contribution in [0.3, 0.4) is 0 Å². The summed E-state index contributed by atoms with van der Waals surface area (Å²) in [6, 6.07) is 6.55. The van der Waals surface area contributed by atoms with Crippen molar-refractivity contribution in [2.45, 2.75) is 42.9 Å². The summed E-state index contributed by atoms with van der Waals surface area (Å²) in [5, 5.41) is 12.0. The number of nitrogens with zero attached hydrogens (tertiary/aromatic N) is 7. The molecule has 0 bridgehead atoms. The summed E-state index contributed by atoms with van der Waals surface area (Å²) in [5.74, 6) is -1.06. The van der Waals surface area contributed by atoms with E-state index in [1.165, 1.54) is 26.2 Å². The number of Topliss-reactive ketones (excluding diaryl/α,β-unsaturated/α-hetero) is 1. The normalized spacial score (nSPS) is 20.4. The van der Waals surface area contributed by atoms with Crippen LogP contribution in [-0.2, 0) is 29.7 Å². The van der Waals surface area contributed by atoms with Gasteiger partial charge in [0.2, 0.25) is 5.03 Å². The molecule has 2 aliphatic rings. The number of fused-ring (bicyclic) bond motifs is 2. The number of hydrogen-bond acceptors (Lipinski definition) is 7. The fraction of sp³-hybridized carbons (Fsp3) is 0.321. The van der Waals surface area contributed by atoms with E-state index in [0.29, 0.717) is 28.9 Å². The molecule has 2 atom stereocenters. The molecule has 0 saturated heterocycles. The van der Waals surface area contributed by atoms with E-state index in [1.54, 1.807) is 29.1 Å². The van der Waals surface area contributed by atoms with E-state index in [9.17, 15) is 30.8 Å². The van der Waals surface area contributed by atoms with E-state index in [0.717, 1.165) is 33.6 Å². The van der Waals surface area contributed by atoms with Crippen LogP contribution in [0, 0.1) is 11.2 Å². The van der Waals surface area contributed by atoms with Gasteiger partial charge in [-0.2, -0.15) is 32.5 Å². The van der Waals surface area contributed by atoms with E-state index in [-0.39, 0.29) is 30.0 Å². The lowest BCUT2D eigenvalue weighted by atomic mass is 9.60. The number of ketones is 1. The summed E-state index contributed by atoms with van der Waals surface area (Å²) < 4.78 is 83.9. The maximum Gasteiger partial charge on any atom is 0.416 e. The van der Waals surface area contributed by atoms with Gasteiger partial charge in [-0.3, -0.25) is 9.78 Å². The number of aryl methyl sites for hydroxylation is 1. The average molecular weight is 616 g/mol. The fourth-order valence-electron chi connectivity index (χ4n) is 5.95. The van der Waals surface area contributed by atoms with E-state index in [2.05, 4.69) is 20.3 Å². The minimum atomic E-state index is -4.69. The summed E-state index contributed by atoms with van der Waals surface area (Å²) in [5.41, 5.74) is -0.264. The van der Waals surface area contributed by atoms with Crippen molar-refractivity contribution >= 4 is 21.9 Å². The van der Waals surface area contributed by atoms with E-state index in [1.807, 2.05) is 0 Å². The van der Waals surface area contributed by atoms with Crippen LogP contribution in [-0.4, -0.2) is 61.4 Å². The topological polar surface area (TPSA) is 116 Å². The maximum absolute atomic E-state index is 14.3. The second-order valence-electron chi connectivity index (χ2n) is 10.7. The molecule has 0 aliphatic heterocycles. The van der Waals surface area contributed by atoms with E-state index >= 15 is 0 Å². The van der Waals surface area contributed by atoms with Crippen LogP contribution in [0.15, 0.2) is 65.6 Å². The quantitative estimate of drug-likeness (QED) is 0.235. The Morgan fingerprint density at radius 2 is 1.86 bits per heavy atom. The summed E-state index contributed by atoms with van der Waals surface area (Å²) >= 11 is 0. The van der Waals surface area contributed by atoms with Gasteiger partial charge in [0.1, 0.15) is 11.5 Å². The molecule has 6 rings (SSSR count). The number of pyridine rings is 1. The van der Waals surface area contributed by atoms with Gasteiger partial charge in [-0.15, -0.1) is 5.10 Å². The Hall–Kier alpha value is -4.24. The van der Waals surface area contributed by atoms with Crippen LogP contribution in [0.2, 0.25) is 0 Å². The number of benzene rings is 1. The number of carbonyl (C=O) groups is 1. The highest BCUT2D eigenvalue weighted by atomic mass is 32.2. The third-order valence-electron chi connectivity index (χ3n) is 8.20. The van der Waals surface area contributed by atoms with Gasteiger partial charge in [-0.05, 0) is 73.7 Å². The van der Waals surface area contributed by atoms with Crippen molar-refractivity contribution in [3.63, 3.8) is 0 Å². The molecule has 0 unspecified atom stereocenters. The Kier molecular flexibility index (Phi) is 6.84.